The maximum absolute atomic E-state index is 10.9. The van der Waals surface area contributed by atoms with Gasteiger partial charge in [-0.2, -0.15) is 0 Å². The Morgan fingerprint density at radius 1 is 1.25 bits per heavy atom. The molecule has 3 N–H and O–H groups in total. The fourth-order valence-corrected chi connectivity index (χ4v) is 2.76. The van der Waals surface area contributed by atoms with Crippen molar-refractivity contribution in [2.45, 2.75) is 12.5 Å². The van der Waals surface area contributed by atoms with Crippen LogP contribution < -0.4 is 15.7 Å². The van der Waals surface area contributed by atoms with Gasteiger partial charge in [0.25, 0.3) is 5.91 Å². The van der Waals surface area contributed by atoms with Gasteiger partial charge in [-0.3, -0.25) is 10.0 Å². The molecule has 1 aromatic carbocycles. The number of hydrogen-bond donors (Lipinski definition) is 3. The molecular weight excluding hydrogens is 304 g/mol. The number of nitrogens with one attached hydrogen (secondary N) is 2. The second-order valence-electron chi connectivity index (χ2n) is 5.70. The lowest BCUT2D eigenvalue weighted by Crippen LogP contribution is -2.26. The van der Waals surface area contributed by atoms with E-state index in [2.05, 4.69) is 39.5 Å². The lowest BCUT2D eigenvalue weighted by Gasteiger charge is -2.19. The van der Waals surface area contributed by atoms with Crippen molar-refractivity contribution in [1.29, 1.82) is 0 Å². The van der Waals surface area contributed by atoms with Crippen LogP contribution in [-0.2, 0) is 4.79 Å². The van der Waals surface area contributed by atoms with Gasteiger partial charge >= 0.3 is 0 Å². The molecule has 1 fully saturated rings. The van der Waals surface area contributed by atoms with E-state index in [1.807, 2.05) is 18.2 Å². The van der Waals surface area contributed by atoms with Gasteiger partial charge in [-0.1, -0.05) is 18.2 Å². The first-order chi connectivity index (χ1) is 11.7. The molecule has 0 spiro atoms. The van der Waals surface area contributed by atoms with Crippen LogP contribution in [0.5, 0.6) is 0 Å². The highest BCUT2D eigenvalue weighted by Gasteiger charge is 2.22. The van der Waals surface area contributed by atoms with Crippen molar-refractivity contribution in [3.05, 3.63) is 60.3 Å². The lowest BCUT2D eigenvalue weighted by atomic mass is 10.2. The Labute approximate surface area is 140 Å². The van der Waals surface area contributed by atoms with Crippen LogP contribution in [-0.4, -0.2) is 35.2 Å². The van der Waals surface area contributed by atoms with E-state index in [0.717, 1.165) is 30.9 Å². The number of anilines is 2. The molecule has 1 amide bonds. The van der Waals surface area contributed by atoms with Crippen molar-refractivity contribution in [2.75, 3.05) is 23.3 Å². The van der Waals surface area contributed by atoms with E-state index in [1.165, 1.54) is 11.8 Å². The maximum Gasteiger partial charge on any atom is 0.267 e. The average Bonchev–Trinajstić information content (AvgIpc) is 3.10. The predicted octanol–water partition coefficient (Wildman–Crippen LogP) is 2.29. The predicted molar refractivity (Wildman–Crippen MR) is 93.9 cm³/mol. The molecule has 2 heterocycles. The molecule has 0 bridgehead atoms. The van der Waals surface area contributed by atoms with Gasteiger partial charge in [0, 0.05) is 37.1 Å². The number of carbonyl (C=O) groups excluding carboxylic acids is 1. The van der Waals surface area contributed by atoms with Gasteiger partial charge in [0.05, 0.1) is 0 Å². The minimum atomic E-state index is -0.566. The Morgan fingerprint density at radius 3 is 2.79 bits per heavy atom. The molecule has 1 atom stereocenters. The average molecular weight is 324 g/mol. The van der Waals surface area contributed by atoms with Crippen LogP contribution in [0.3, 0.4) is 0 Å². The van der Waals surface area contributed by atoms with Crippen LogP contribution in [0.1, 0.15) is 12.0 Å². The molecule has 0 aliphatic carbocycles. The molecule has 1 aliphatic rings. The van der Waals surface area contributed by atoms with Crippen molar-refractivity contribution in [3.63, 3.8) is 0 Å². The number of aromatic nitrogens is 1. The van der Waals surface area contributed by atoms with E-state index >= 15 is 0 Å². The minimum absolute atomic E-state index is 0.360. The molecule has 0 radical (unpaired) electrons. The highest BCUT2D eigenvalue weighted by atomic mass is 16.5. The summed E-state index contributed by atoms with van der Waals surface area (Å²) in [7, 11) is 0. The van der Waals surface area contributed by atoms with Gasteiger partial charge in [0.1, 0.15) is 5.82 Å². The fourth-order valence-electron chi connectivity index (χ4n) is 2.76. The zero-order valence-corrected chi connectivity index (χ0v) is 13.2. The smallest absolute Gasteiger partial charge is 0.267 e. The number of rotatable bonds is 5. The molecular formula is C18H20N4O2. The second kappa shape index (κ2) is 7.61. The highest BCUT2D eigenvalue weighted by molar-refractivity contribution is 5.90. The first-order valence-corrected chi connectivity index (χ1v) is 7.89. The van der Waals surface area contributed by atoms with E-state index in [-0.39, 0.29) is 0 Å². The van der Waals surface area contributed by atoms with Crippen LogP contribution >= 0.6 is 0 Å². The number of pyridine rings is 1. The number of para-hydroxylation sites is 1. The zero-order chi connectivity index (χ0) is 16.8. The van der Waals surface area contributed by atoms with Crippen molar-refractivity contribution in [1.82, 2.24) is 10.5 Å². The minimum Gasteiger partial charge on any atom is -0.369 e. The van der Waals surface area contributed by atoms with Crippen LogP contribution in [0, 0.1) is 0 Å². The van der Waals surface area contributed by atoms with E-state index in [0.29, 0.717) is 6.04 Å². The summed E-state index contributed by atoms with van der Waals surface area (Å²) in [6, 6.07) is 14.5. The first kappa shape index (κ1) is 16.0. The summed E-state index contributed by atoms with van der Waals surface area (Å²) in [5.41, 5.74) is 3.59. The van der Waals surface area contributed by atoms with Crippen molar-refractivity contribution >= 4 is 23.5 Å². The summed E-state index contributed by atoms with van der Waals surface area (Å²) in [6.45, 7) is 1.97. The molecule has 124 valence electrons. The fraction of sp³-hybridized carbons (Fsp3) is 0.222. The quantitative estimate of drug-likeness (QED) is 0.447. The van der Waals surface area contributed by atoms with Crippen molar-refractivity contribution in [2.24, 2.45) is 0 Å². The topological polar surface area (TPSA) is 77.5 Å². The number of nitrogens with zero attached hydrogens (tertiary/aromatic N) is 2. The number of hydrogen-bond acceptors (Lipinski definition) is 5. The summed E-state index contributed by atoms with van der Waals surface area (Å²) in [4.78, 5) is 17.7. The van der Waals surface area contributed by atoms with Gasteiger partial charge in [-0.15, -0.1) is 0 Å². The Hall–Kier alpha value is -2.86. The van der Waals surface area contributed by atoms with Gasteiger partial charge in [0.15, 0.2) is 0 Å². The van der Waals surface area contributed by atoms with Crippen LogP contribution in [0.25, 0.3) is 6.08 Å². The van der Waals surface area contributed by atoms with E-state index in [4.69, 9.17) is 5.21 Å². The van der Waals surface area contributed by atoms with E-state index in [9.17, 15) is 4.79 Å². The number of hydroxylamine groups is 1. The SMILES string of the molecule is O=C(/C=C/c1ccc(N[C@@H]2CCN(c3ccccc3)C2)nc1)NO. The molecule has 3 rings (SSSR count). The Bertz CT molecular complexity index is 701. The number of carbonyl (C=O) groups is 1. The Kier molecular flexibility index (Phi) is 5.08. The Morgan fingerprint density at radius 2 is 2.08 bits per heavy atom. The molecule has 0 unspecified atom stereocenters. The van der Waals surface area contributed by atoms with Crippen molar-refractivity contribution in [3.8, 4) is 0 Å². The van der Waals surface area contributed by atoms with Crippen LogP contribution in [0.4, 0.5) is 11.5 Å². The van der Waals surface area contributed by atoms with Crippen LogP contribution in [0.2, 0.25) is 0 Å². The zero-order valence-electron chi connectivity index (χ0n) is 13.2. The van der Waals surface area contributed by atoms with Gasteiger partial charge < -0.3 is 10.2 Å². The molecule has 0 saturated carbocycles. The summed E-state index contributed by atoms with van der Waals surface area (Å²) in [6.07, 6.45) is 5.59. The maximum atomic E-state index is 10.9. The van der Waals surface area contributed by atoms with E-state index in [1.54, 1.807) is 17.8 Å². The summed E-state index contributed by atoms with van der Waals surface area (Å²) < 4.78 is 0. The third-order valence-electron chi connectivity index (χ3n) is 3.99. The summed E-state index contributed by atoms with van der Waals surface area (Å²) in [5, 5.41) is 11.9. The highest BCUT2D eigenvalue weighted by Crippen LogP contribution is 2.21. The van der Waals surface area contributed by atoms with Gasteiger partial charge in [0.2, 0.25) is 0 Å². The Balaban J connectivity index is 1.55. The molecule has 6 heteroatoms. The molecule has 1 aliphatic heterocycles. The first-order valence-electron chi connectivity index (χ1n) is 7.89. The van der Waals surface area contributed by atoms with Crippen molar-refractivity contribution < 1.29 is 10.0 Å². The second-order valence-corrected chi connectivity index (χ2v) is 5.70. The van der Waals surface area contributed by atoms with E-state index < -0.39 is 5.91 Å². The number of benzene rings is 1. The largest absolute Gasteiger partial charge is 0.369 e. The third kappa shape index (κ3) is 4.11. The lowest BCUT2D eigenvalue weighted by molar-refractivity contribution is -0.124. The molecule has 6 nitrogen and oxygen atoms in total. The third-order valence-corrected chi connectivity index (χ3v) is 3.99. The molecule has 24 heavy (non-hydrogen) atoms. The summed E-state index contributed by atoms with van der Waals surface area (Å²) in [5.74, 6) is 0.253. The monoisotopic (exact) mass is 324 g/mol. The molecule has 1 aromatic heterocycles. The van der Waals surface area contributed by atoms with Crippen LogP contribution in [0.15, 0.2) is 54.7 Å². The molecule has 2 aromatic rings. The molecule has 1 saturated heterocycles. The van der Waals surface area contributed by atoms with Gasteiger partial charge in [-0.05, 0) is 42.3 Å². The van der Waals surface area contributed by atoms with Gasteiger partial charge in [-0.25, -0.2) is 10.5 Å². The standard InChI is InChI=1S/C18H20N4O2/c23-18(21-24)9-7-14-6-8-17(19-12-14)20-15-10-11-22(13-15)16-4-2-1-3-5-16/h1-9,12,15,24H,10-11,13H2,(H,19,20)(H,21,23)/b9-7+/t15-/m1/s1. The normalized spacial score (nSPS) is 17.2. The summed E-state index contributed by atoms with van der Waals surface area (Å²) >= 11 is 0. The number of amides is 1.